The molecule has 204 valence electrons. The first-order valence-electron chi connectivity index (χ1n) is 12.4. The Morgan fingerprint density at radius 1 is 0.897 bits per heavy atom. The molecule has 1 heterocycles. The van der Waals surface area contributed by atoms with E-state index in [2.05, 4.69) is 10.6 Å². The number of carbonyl (C=O) groups excluding carboxylic acids is 3. The van der Waals surface area contributed by atoms with E-state index in [-0.39, 0.29) is 24.3 Å². The van der Waals surface area contributed by atoms with Gasteiger partial charge in [-0.15, -0.1) is 0 Å². The number of nitrogens with zero attached hydrogens (tertiary/aromatic N) is 1. The van der Waals surface area contributed by atoms with Crippen molar-refractivity contribution in [1.29, 1.82) is 0 Å². The number of hydrogen-bond donors (Lipinski definition) is 2. The van der Waals surface area contributed by atoms with Crippen molar-refractivity contribution in [2.75, 3.05) is 18.4 Å². The zero-order valence-corrected chi connectivity index (χ0v) is 21.7. The van der Waals surface area contributed by atoms with Crippen molar-refractivity contribution >= 4 is 23.8 Å². The van der Waals surface area contributed by atoms with E-state index in [4.69, 9.17) is 9.47 Å². The molecule has 39 heavy (non-hydrogen) atoms. The predicted molar refractivity (Wildman–Crippen MR) is 141 cm³/mol. The first-order chi connectivity index (χ1) is 18.5. The maximum absolute atomic E-state index is 14.0. The molecule has 0 spiro atoms. The summed E-state index contributed by atoms with van der Waals surface area (Å²) >= 11 is 0. The maximum Gasteiger partial charge on any atom is 0.410 e. The summed E-state index contributed by atoms with van der Waals surface area (Å²) in [6, 6.07) is 16.6. The summed E-state index contributed by atoms with van der Waals surface area (Å²) in [5, 5.41) is 5.09. The minimum Gasteiger partial charge on any atom is -0.455 e. The van der Waals surface area contributed by atoms with Gasteiger partial charge in [-0.25, -0.2) is 23.2 Å². The standard InChI is InChI=1S/C29H29F2N3O5/c1-29(2,3)39-28(37)34-16-24(33-27(36)32-23-13-5-4-12-22(23)31)25(17-34)38-26(35)20-10-6-8-18(14-20)19-9-7-11-21(30)15-19/h4-15,24-25H,16-17H2,1-3H3,(H2,32,33,36)/t24-,25-/m0/s1. The van der Waals surface area contributed by atoms with Crippen LogP contribution in [-0.2, 0) is 9.47 Å². The van der Waals surface area contributed by atoms with Crippen LogP contribution in [0.15, 0.2) is 72.8 Å². The van der Waals surface area contributed by atoms with Crippen LogP contribution in [0.1, 0.15) is 31.1 Å². The number of hydrogen-bond acceptors (Lipinski definition) is 5. The molecule has 1 fully saturated rings. The number of para-hydroxylation sites is 1. The molecular formula is C29H29F2N3O5. The van der Waals surface area contributed by atoms with Crippen LogP contribution in [0.25, 0.3) is 11.1 Å². The molecule has 10 heteroatoms. The molecule has 0 bridgehead atoms. The Bertz CT molecular complexity index is 1370. The number of rotatable bonds is 5. The number of nitrogens with one attached hydrogen (secondary N) is 2. The average molecular weight is 538 g/mol. The molecule has 1 aliphatic rings. The molecule has 1 aliphatic heterocycles. The number of anilines is 1. The zero-order chi connectivity index (χ0) is 28.2. The second kappa shape index (κ2) is 11.5. The van der Waals surface area contributed by atoms with E-state index in [0.717, 1.165) is 0 Å². The quantitative estimate of drug-likeness (QED) is 0.413. The molecule has 2 N–H and O–H groups in total. The van der Waals surface area contributed by atoms with Gasteiger partial charge in [0.1, 0.15) is 23.3 Å². The van der Waals surface area contributed by atoms with Crippen molar-refractivity contribution in [3.63, 3.8) is 0 Å². The van der Waals surface area contributed by atoms with Crippen LogP contribution in [0.2, 0.25) is 0 Å². The fraction of sp³-hybridized carbons (Fsp3) is 0.276. The third kappa shape index (κ3) is 7.31. The van der Waals surface area contributed by atoms with Crippen molar-refractivity contribution in [2.24, 2.45) is 0 Å². The molecule has 2 atom stereocenters. The Kier molecular flexibility index (Phi) is 8.13. The van der Waals surface area contributed by atoms with Crippen LogP contribution in [0.4, 0.5) is 24.1 Å². The monoisotopic (exact) mass is 537 g/mol. The fourth-order valence-electron chi connectivity index (χ4n) is 4.10. The molecule has 0 unspecified atom stereocenters. The van der Waals surface area contributed by atoms with Crippen LogP contribution >= 0.6 is 0 Å². The molecule has 3 aromatic carbocycles. The van der Waals surface area contributed by atoms with Gasteiger partial charge in [0.15, 0.2) is 0 Å². The number of halogens is 2. The number of urea groups is 1. The molecule has 8 nitrogen and oxygen atoms in total. The summed E-state index contributed by atoms with van der Waals surface area (Å²) in [6.45, 7) is 5.14. The van der Waals surface area contributed by atoms with Gasteiger partial charge in [0.2, 0.25) is 0 Å². The van der Waals surface area contributed by atoms with Gasteiger partial charge in [-0.05, 0) is 68.3 Å². The van der Waals surface area contributed by atoms with Gasteiger partial charge in [0, 0.05) is 6.54 Å². The second-order valence-electron chi connectivity index (χ2n) is 10.1. The molecule has 4 rings (SSSR count). The highest BCUT2D eigenvalue weighted by atomic mass is 19.1. The third-order valence-electron chi connectivity index (χ3n) is 5.87. The molecule has 1 saturated heterocycles. The lowest BCUT2D eigenvalue weighted by molar-refractivity contribution is 0.0180. The molecule has 0 aromatic heterocycles. The van der Waals surface area contributed by atoms with Gasteiger partial charge in [-0.1, -0.05) is 36.4 Å². The van der Waals surface area contributed by atoms with E-state index in [1.807, 2.05) is 0 Å². The van der Waals surface area contributed by atoms with Crippen LogP contribution in [-0.4, -0.2) is 53.8 Å². The summed E-state index contributed by atoms with van der Waals surface area (Å²) in [6.07, 6.45) is -1.55. The number of benzene rings is 3. The topological polar surface area (TPSA) is 97.0 Å². The van der Waals surface area contributed by atoms with Crippen LogP contribution in [0, 0.1) is 11.6 Å². The van der Waals surface area contributed by atoms with Gasteiger partial charge in [-0.2, -0.15) is 0 Å². The van der Waals surface area contributed by atoms with Crippen LogP contribution in [0.5, 0.6) is 0 Å². The Labute approximate surface area is 224 Å². The minimum atomic E-state index is -0.922. The summed E-state index contributed by atoms with van der Waals surface area (Å²) < 4.78 is 38.9. The first kappa shape index (κ1) is 27.6. The maximum atomic E-state index is 14.0. The predicted octanol–water partition coefficient (Wildman–Crippen LogP) is 5.60. The van der Waals surface area contributed by atoms with Gasteiger partial charge in [-0.3, -0.25) is 0 Å². The lowest BCUT2D eigenvalue weighted by Gasteiger charge is -2.24. The zero-order valence-electron chi connectivity index (χ0n) is 21.7. The summed E-state index contributed by atoms with van der Waals surface area (Å²) in [5.41, 5.74) is 0.631. The van der Waals surface area contributed by atoms with Crippen LogP contribution in [0.3, 0.4) is 0 Å². The average Bonchev–Trinajstić information content (AvgIpc) is 3.26. The lowest BCUT2D eigenvalue weighted by Crippen LogP contribution is -2.46. The Balaban J connectivity index is 1.51. The second-order valence-corrected chi connectivity index (χ2v) is 10.1. The van der Waals surface area contributed by atoms with Crippen molar-refractivity contribution in [2.45, 2.75) is 38.5 Å². The number of carbonyl (C=O) groups is 3. The molecular weight excluding hydrogens is 508 g/mol. The highest BCUT2D eigenvalue weighted by molar-refractivity contribution is 5.92. The SMILES string of the molecule is CC(C)(C)OC(=O)N1C[C@H](NC(=O)Nc2ccccc2F)[C@@H](OC(=O)c2cccc(-c3cccc(F)c3)c2)C1. The number of amides is 3. The summed E-state index contributed by atoms with van der Waals surface area (Å²) in [5.74, 6) is -1.71. The lowest BCUT2D eigenvalue weighted by atomic mass is 10.0. The smallest absolute Gasteiger partial charge is 0.410 e. The molecule has 0 aliphatic carbocycles. The van der Waals surface area contributed by atoms with E-state index < -0.39 is 47.5 Å². The van der Waals surface area contributed by atoms with Crippen molar-refractivity contribution in [1.82, 2.24) is 10.2 Å². The van der Waals surface area contributed by atoms with E-state index in [1.165, 1.54) is 35.2 Å². The highest BCUT2D eigenvalue weighted by Gasteiger charge is 2.40. The van der Waals surface area contributed by atoms with Crippen molar-refractivity contribution in [3.05, 3.63) is 90.0 Å². The Morgan fingerprint density at radius 3 is 2.28 bits per heavy atom. The summed E-state index contributed by atoms with van der Waals surface area (Å²) in [4.78, 5) is 39.8. The number of esters is 1. The Hall–Kier alpha value is -4.47. The molecule has 0 radical (unpaired) electrons. The number of likely N-dealkylation sites (tertiary alicyclic amines) is 1. The van der Waals surface area contributed by atoms with Crippen molar-refractivity contribution < 1.29 is 32.6 Å². The minimum absolute atomic E-state index is 0.000877. The third-order valence-corrected chi connectivity index (χ3v) is 5.87. The Morgan fingerprint density at radius 2 is 1.59 bits per heavy atom. The first-order valence-corrected chi connectivity index (χ1v) is 12.4. The fourth-order valence-corrected chi connectivity index (χ4v) is 4.10. The van der Waals surface area contributed by atoms with Crippen molar-refractivity contribution in [3.8, 4) is 11.1 Å². The largest absolute Gasteiger partial charge is 0.455 e. The van der Waals surface area contributed by atoms with E-state index in [1.54, 1.807) is 63.2 Å². The molecule has 0 saturated carbocycles. The van der Waals surface area contributed by atoms with Crippen LogP contribution < -0.4 is 10.6 Å². The molecule has 3 amide bonds. The van der Waals surface area contributed by atoms with Gasteiger partial charge in [0.05, 0.1) is 23.8 Å². The van der Waals surface area contributed by atoms with E-state index >= 15 is 0 Å². The molecule has 3 aromatic rings. The highest BCUT2D eigenvalue weighted by Crippen LogP contribution is 2.24. The number of ether oxygens (including phenoxy) is 2. The van der Waals surface area contributed by atoms with Gasteiger partial charge < -0.3 is 25.0 Å². The van der Waals surface area contributed by atoms with E-state index in [9.17, 15) is 23.2 Å². The van der Waals surface area contributed by atoms with Gasteiger partial charge >= 0.3 is 18.1 Å². The van der Waals surface area contributed by atoms with Gasteiger partial charge in [0.25, 0.3) is 0 Å². The summed E-state index contributed by atoms with van der Waals surface area (Å²) in [7, 11) is 0. The normalized spacial score (nSPS) is 16.9. The van der Waals surface area contributed by atoms with E-state index in [0.29, 0.717) is 11.1 Å².